The first kappa shape index (κ1) is 18.3. The fraction of sp³-hybridized carbons (Fsp3) is 0.235. The summed E-state index contributed by atoms with van der Waals surface area (Å²) in [7, 11) is 1.49. The minimum atomic E-state index is -2.90. The quantitative estimate of drug-likeness (QED) is 0.682. The Morgan fingerprint density at radius 3 is 2.62 bits per heavy atom. The van der Waals surface area contributed by atoms with Gasteiger partial charge in [-0.1, -0.05) is 0 Å². The summed E-state index contributed by atoms with van der Waals surface area (Å²) in [4.78, 5) is 19.0. The number of methoxy groups -OCH3 is 1. The Labute approximate surface area is 151 Å². The van der Waals surface area contributed by atoms with Crippen LogP contribution in [0.25, 0.3) is 22.3 Å². The van der Waals surface area contributed by atoms with E-state index >= 15 is 0 Å². The van der Waals surface area contributed by atoms with Crippen molar-refractivity contribution >= 4 is 23.3 Å². The highest BCUT2D eigenvalue weighted by Gasteiger charge is 2.20. The van der Waals surface area contributed by atoms with Gasteiger partial charge in [-0.2, -0.15) is 0 Å². The van der Waals surface area contributed by atoms with E-state index in [1.165, 1.54) is 35.9 Å². The molecular weight excluding hydrogens is 367 g/mol. The van der Waals surface area contributed by atoms with Crippen molar-refractivity contribution in [2.75, 3.05) is 13.7 Å². The first-order valence-electron chi connectivity index (χ1n) is 7.63. The van der Waals surface area contributed by atoms with E-state index in [0.29, 0.717) is 5.56 Å². The summed E-state index contributed by atoms with van der Waals surface area (Å²) in [5, 5.41) is -0.226. The third kappa shape index (κ3) is 3.40. The van der Waals surface area contributed by atoms with E-state index in [1.54, 1.807) is 0 Å². The summed E-state index contributed by atoms with van der Waals surface area (Å²) in [5.74, 6) is -0.455. The Bertz CT molecular complexity index is 1060. The number of nitrogens with one attached hydrogen (secondary N) is 1. The Kier molecular flexibility index (Phi) is 5.19. The number of nitrogens with zero attached hydrogens (tertiary/aromatic N) is 2. The molecule has 0 saturated carbocycles. The van der Waals surface area contributed by atoms with Crippen molar-refractivity contribution in [3.8, 4) is 11.3 Å². The number of hydrogen-bond acceptors (Lipinski definition) is 4. The molecule has 26 heavy (non-hydrogen) atoms. The highest BCUT2D eigenvalue weighted by molar-refractivity contribution is 7.71. The SMILES string of the molecule is COCCn1c(=S)[nH]c(=O)c2c(C(F)F)cc(-c3ccc(F)cc3)nc21. The van der Waals surface area contributed by atoms with Gasteiger partial charge < -0.3 is 9.30 Å². The number of benzene rings is 1. The van der Waals surface area contributed by atoms with E-state index in [4.69, 9.17) is 17.0 Å². The van der Waals surface area contributed by atoms with Gasteiger partial charge in [-0.05, 0) is 42.5 Å². The topological polar surface area (TPSA) is 59.9 Å². The van der Waals surface area contributed by atoms with E-state index in [2.05, 4.69) is 9.97 Å². The van der Waals surface area contributed by atoms with Crippen molar-refractivity contribution in [2.24, 2.45) is 0 Å². The first-order chi connectivity index (χ1) is 12.4. The van der Waals surface area contributed by atoms with Gasteiger partial charge in [0.2, 0.25) is 0 Å². The third-order valence-electron chi connectivity index (χ3n) is 3.87. The Morgan fingerprint density at radius 2 is 2.00 bits per heavy atom. The summed E-state index contributed by atoms with van der Waals surface area (Å²) >= 11 is 5.14. The minimum absolute atomic E-state index is 0.0351. The molecule has 1 N–H and O–H groups in total. The highest BCUT2D eigenvalue weighted by atomic mass is 32.1. The molecular formula is C17H14F3N3O2S. The van der Waals surface area contributed by atoms with Crippen LogP contribution in [-0.2, 0) is 11.3 Å². The number of pyridine rings is 1. The van der Waals surface area contributed by atoms with E-state index in [0.717, 1.165) is 6.07 Å². The molecule has 0 amide bonds. The van der Waals surface area contributed by atoms with Crippen LogP contribution in [0.5, 0.6) is 0 Å². The number of rotatable bonds is 5. The Balaban J connectivity index is 2.37. The molecule has 9 heteroatoms. The normalized spacial score (nSPS) is 11.4. The van der Waals surface area contributed by atoms with Crippen molar-refractivity contribution in [1.82, 2.24) is 14.5 Å². The zero-order valence-electron chi connectivity index (χ0n) is 13.6. The molecule has 0 spiro atoms. The molecule has 0 unspecified atom stereocenters. The van der Waals surface area contributed by atoms with Gasteiger partial charge >= 0.3 is 0 Å². The summed E-state index contributed by atoms with van der Waals surface area (Å²) < 4.78 is 46.9. The zero-order chi connectivity index (χ0) is 18.8. The second-order valence-corrected chi connectivity index (χ2v) is 5.89. The molecule has 0 aliphatic carbocycles. The smallest absolute Gasteiger partial charge is 0.264 e. The molecule has 2 aromatic heterocycles. The van der Waals surface area contributed by atoms with Crippen molar-refractivity contribution in [2.45, 2.75) is 13.0 Å². The fourth-order valence-electron chi connectivity index (χ4n) is 2.63. The predicted molar refractivity (Wildman–Crippen MR) is 93.4 cm³/mol. The molecule has 0 atom stereocenters. The van der Waals surface area contributed by atoms with Gasteiger partial charge in [0.15, 0.2) is 4.77 Å². The standard InChI is InChI=1S/C17H14F3N3O2S/c1-25-7-6-23-15-13(16(24)22-17(23)26)11(14(19)20)8-12(21-15)9-2-4-10(18)5-3-9/h2-5,8,14H,6-7H2,1H3,(H,22,24,26). The van der Waals surface area contributed by atoms with Crippen LogP contribution in [0.15, 0.2) is 35.1 Å². The van der Waals surface area contributed by atoms with Crippen LogP contribution >= 0.6 is 12.2 Å². The second-order valence-electron chi connectivity index (χ2n) is 5.51. The largest absolute Gasteiger partial charge is 0.383 e. The molecule has 1 aromatic carbocycles. The first-order valence-corrected chi connectivity index (χ1v) is 8.04. The molecule has 0 fully saturated rings. The number of ether oxygens (including phenoxy) is 1. The van der Waals surface area contributed by atoms with Crippen molar-refractivity contribution in [1.29, 1.82) is 0 Å². The van der Waals surface area contributed by atoms with Crippen LogP contribution in [-0.4, -0.2) is 28.3 Å². The van der Waals surface area contributed by atoms with Crippen LogP contribution < -0.4 is 5.56 Å². The van der Waals surface area contributed by atoms with Gasteiger partial charge in [0, 0.05) is 18.2 Å². The average molecular weight is 381 g/mol. The van der Waals surface area contributed by atoms with Crippen LogP contribution in [0, 0.1) is 10.6 Å². The van der Waals surface area contributed by atoms with Crippen molar-refractivity contribution in [3.63, 3.8) is 0 Å². The number of halogens is 3. The molecule has 0 saturated heterocycles. The monoisotopic (exact) mass is 381 g/mol. The van der Waals surface area contributed by atoms with E-state index < -0.39 is 23.4 Å². The summed E-state index contributed by atoms with van der Waals surface area (Å²) in [6, 6.07) is 6.41. The lowest BCUT2D eigenvalue weighted by Gasteiger charge is -2.14. The minimum Gasteiger partial charge on any atom is -0.383 e. The maximum absolute atomic E-state index is 13.6. The van der Waals surface area contributed by atoms with Gasteiger partial charge in [0.05, 0.1) is 24.2 Å². The van der Waals surface area contributed by atoms with E-state index in [-0.39, 0.29) is 34.7 Å². The summed E-state index contributed by atoms with van der Waals surface area (Å²) in [6.07, 6.45) is -2.90. The summed E-state index contributed by atoms with van der Waals surface area (Å²) in [6.45, 7) is 0.479. The van der Waals surface area contributed by atoms with Crippen LogP contribution in [0.3, 0.4) is 0 Å². The van der Waals surface area contributed by atoms with Crippen molar-refractivity contribution < 1.29 is 17.9 Å². The molecule has 136 valence electrons. The molecule has 3 aromatic rings. The van der Waals surface area contributed by atoms with Gasteiger partial charge in [0.25, 0.3) is 12.0 Å². The molecule has 3 rings (SSSR count). The van der Waals surface area contributed by atoms with Crippen LogP contribution in [0.1, 0.15) is 12.0 Å². The van der Waals surface area contributed by atoms with Crippen molar-refractivity contribution in [3.05, 3.63) is 56.8 Å². The molecule has 0 bridgehead atoms. The van der Waals surface area contributed by atoms with Crippen LogP contribution in [0.4, 0.5) is 13.2 Å². The van der Waals surface area contributed by atoms with Gasteiger partial charge in [-0.15, -0.1) is 0 Å². The number of hydrogen-bond donors (Lipinski definition) is 1. The zero-order valence-corrected chi connectivity index (χ0v) is 14.4. The number of H-pyrrole nitrogens is 1. The Hall–Kier alpha value is -2.52. The molecule has 2 heterocycles. The van der Waals surface area contributed by atoms with Gasteiger partial charge in [-0.25, -0.2) is 18.2 Å². The third-order valence-corrected chi connectivity index (χ3v) is 4.20. The lowest BCUT2D eigenvalue weighted by molar-refractivity contribution is 0.153. The average Bonchev–Trinajstić information content (AvgIpc) is 2.61. The fourth-order valence-corrected chi connectivity index (χ4v) is 2.90. The van der Waals surface area contributed by atoms with Gasteiger partial charge in [0.1, 0.15) is 11.5 Å². The maximum Gasteiger partial charge on any atom is 0.264 e. The number of fused-ring (bicyclic) bond motifs is 1. The number of aromatic amines is 1. The summed E-state index contributed by atoms with van der Waals surface area (Å²) in [5.41, 5.74) is -0.518. The van der Waals surface area contributed by atoms with E-state index in [1.807, 2.05) is 0 Å². The second kappa shape index (κ2) is 7.38. The molecule has 0 aliphatic rings. The number of alkyl halides is 2. The predicted octanol–water partition coefficient (Wildman–Crippen LogP) is 3.84. The lowest BCUT2D eigenvalue weighted by atomic mass is 10.1. The highest BCUT2D eigenvalue weighted by Crippen LogP contribution is 2.29. The maximum atomic E-state index is 13.6. The lowest BCUT2D eigenvalue weighted by Crippen LogP contribution is -2.19. The van der Waals surface area contributed by atoms with E-state index in [9.17, 15) is 18.0 Å². The number of aromatic nitrogens is 3. The molecule has 0 radical (unpaired) electrons. The molecule has 5 nitrogen and oxygen atoms in total. The molecule has 0 aliphatic heterocycles. The van der Waals surface area contributed by atoms with Gasteiger partial charge in [-0.3, -0.25) is 9.78 Å². The Morgan fingerprint density at radius 1 is 1.31 bits per heavy atom. The van der Waals surface area contributed by atoms with Crippen LogP contribution in [0.2, 0.25) is 0 Å².